The Morgan fingerprint density at radius 2 is 1.55 bits per heavy atom. The number of nitrogens with one attached hydrogen (secondary N) is 1. The van der Waals surface area contributed by atoms with Gasteiger partial charge in [0.25, 0.3) is 0 Å². The fraction of sp³-hybridized carbons (Fsp3) is 0.500. The minimum atomic E-state index is 0.0271. The molecule has 2 aromatic rings. The molecule has 7 nitrogen and oxygen atoms in total. The van der Waals surface area contributed by atoms with Gasteiger partial charge in [-0.2, -0.15) is 0 Å². The summed E-state index contributed by atoms with van der Waals surface area (Å²) in [5.41, 5.74) is 2.16. The van der Waals surface area contributed by atoms with Crippen LogP contribution in [0.4, 0.5) is 0 Å². The maximum absolute atomic E-state index is 12.7. The van der Waals surface area contributed by atoms with E-state index in [-0.39, 0.29) is 11.9 Å². The van der Waals surface area contributed by atoms with Crippen LogP contribution in [0.3, 0.4) is 0 Å². The first-order chi connectivity index (χ1) is 16.1. The van der Waals surface area contributed by atoms with Gasteiger partial charge < -0.3 is 24.3 Å². The molecule has 7 heteroatoms. The van der Waals surface area contributed by atoms with Gasteiger partial charge in [-0.25, -0.2) is 0 Å². The lowest BCUT2D eigenvalue weighted by molar-refractivity contribution is -0.121. The van der Waals surface area contributed by atoms with Gasteiger partial charge in [-0.1, -0.05) is 18.6 Å². The van der Waals surface area contributed by atoms with Crippen LogP contribution in [0.2, 0.25) is 0 Å². The van der Waals surface area contributed by atoms with E-state index in [0.717, 1.165) is 24.4 Å². The number of benzene rings is 2. The summed E-state index contributed by atoms with van der Waals surface area (Å²) in [5.74, 6) is 2.61. The summed E-state index contributed by atoms with van der Waals surface area (Å²) < 4.78 is 21.5. The lowest BCUT2D eigenvalue weighted by Crippen LogP contribution is -2.40. The molecule has 33 heavy (non-hydrogen) atoms. The van der Waals surface area contributed by atoms with E-state index in [9.17, 15) is 4.79 Å². The van der Waals surface area contributed by atoms with E-state index in [1.165, 1.54) is 24.8 Å². The summed E-state index contributed by atoms with van der Waals surface area (Å²) in [5, 5.41) is 3.16. The number of amides is 1. The number of hydrogen-bond acceptors (Lipinski definition) is 6. The summed E-state index contributed by atoms with van der Waals surface area (Å²) in [6.45, 7) is 2.69. The highest BCUT2D eigenvalue weighted by Gasteiger charge is 2.23. The van der Waals surface area contributed by atoms with Crippen LogP contribution in [0.1, 0.15) is 42.9 Å². The third-order valence-electron chi connectivity index (χ3n) is 6.19. The Labute approximate surface area is 197 Å². The van der Waals surface area contributed by atoms with E-state index in [1.54, 1.807) is 28.4 Å². The van der Waals surface area contributed by atoms with Gasteiger partial charge in [-0.05, 0) is 67.7 Å². The van der Waals surface area contributed by atoms with Crippen molar-refractivity contribution in [2.24, 2.45) is 0 Å². The second kappa shape index (κ2) is 12.3. The van der Waals surface area contributed by atoms with Gasteiger partial charge in [0, 0.05) is 13.0 Å². The molecule has 0 spiro atoms. The van der Waals surface area contributed by atoms with Gasteiger partial charge >= 0.3 is 0 Å². The largest absolute Gasteiger partial charge is 0.497 e. The third kappa shape index (κ3) is 6.54. The molecule has 1 atom stereocenters. The molecule has 0 aromatic heterocycles. The molecular weight excluding hydrogens is 420 g/mol. The zero-order chi connectivity index (χ0) is 23.6. The number of nitrogens with zero attached hydrogens (tertiary/aromatic N) is 1. The van der Waals surface area contributed by atoms with Crippen molar-refractivity contribution in [3.8, 4) is 23.0 Å². The van der Waals surface area contributed by atoms with E-state index in [2.05, 4.69) is 22.3 Å². The first-order valence-electron chi connectivity index (χ1n) is 11.5. The fourth-order valence-electron chi connectivity index (χ4n) is 4.35. The first-order valence-corrected chi connectivity index (χ1v) is 11.5. The molecular formula is C26H36N2O5. The molecule has 2 aromatic carbocycles. The smallest absolute Gasteiger partial charge is 0.220 e. The number of piperidine rings is 1. The molecule has 3 rings (SSSR count). The van der Waals surface area contributed by atoms with Crippen molar-refractivity contribution < 1.29 is 23.7 Å². The van der Waals surface area contributed by atoms with E-state index < -0.39 is 0 Å². The Kier molecular flexibility index (Phi) is 9.24. The highest BCUT2D eigenvalue weighted by atomic mass is 16.5. The van der Waals surface area contributed by atoms with Crippen LogP contribution in [-0.4, -0.2) is 58.9 Å². The number of hydrogen-bond donors (Lipinski definition) is 1. The number of likely N-dealkylation sites (tertiary alicyclic amines) is 1. The number of rotatable bonds is 11. The van der Waals surface area contributed by atoms with Gasteiger partial charge in [0.1, 0.15) is 5.75 Å². The number of aryl methyl sites for hydroxylation is 1. The van der Waals surface area contributed by atoms with Gasteiger partial charge in [0.2, 0.25) is 11.7 Å². The molecule has 1 amide bonds. The van der Waals surface area contributed by atoms with Crippen molar-refractivity contribution in [3.63, 3.8) is 0 Å². The topological polar surface area (TPSA) is 69.3 Å². The molecule has 1 N–H and O–H groups in total. The Bertz CT molecular complexity index is 869. The quantitative estimate of drug-likeness (QED) is 0.551. The molecule has 1 fully saturated rings. The molecule has 0 radical (unpaired) electrons. The first kappa shape index (κ1) is 24.7. The van der Waals surface area contributed by atoms with Crippen LogP contribution < -0.4 is 24.3 Å². The summed E-state index contributed by atoms with van der Waals surface area (Å²) in [6, 6.07) is 12.1. The zero-order valence-electron chi connectivity index (χ0n) is 20.2. The standard InChI is InChI=1S/C26H36N2O5/c1-30-21-11-9-20(10-12-21)22(28-14-6-5-7-15-28)18-27-25(29)13-8-19-16-23(31-2)26(33-4)24(17-19)32-3/h9-12,16-17,22H,5-8,13-15,18H2,1-4H3,(H,27,29). The second-order valence-electron chi connectivity index (χ2n) is 8.22. The summed E-state index contributed by atoms with van der Waals surface area (Å²) in [6.07, 6.45) is 4.63. The predicted octanol–water partition coefficient (Wildman–Crippen LogP) is 4.00. The van der Waals surface area contributed by atoms with Gasteiger partial charge in [-0.15, -0.1) is 0 Å². The number of ether oxygens (including phenoxy) is 4. The average Bonchev–Trinajstić information content (AvgIpc) is 2.87. The molecule has 1 heterocycles. The SMILES string of the molecule is COc1ccc(C(CNC(=O)CCc2cc(OC)c(OC)c(OC)c2)N2CCCCC2)cc1. The van der Waals surface area contributed by atoms with E-state index in [0.29, 0.717) is 36.6 Å². The lowest BCUT2D eigenvalue weighted by atomic mass is 10.0. The second-order valence-corrected chi connectivity index (χ2v) is 8.22. The van der Waals surface area contributed by atoms with Crippen molar-refractivity contribution >= 4 is 5.91 Å². The van der Waals surface area contributed by atoms with E-state index >= 15 is 0 Å². The van der Waals surface area contributed by atoms with E-state index in [1.807, 2.05) is 24.3 Å². The minimum Gasteiger partial charge on any atom is -0.497 e. The molecule has 0 bridgehead atoms. The highest BCUT2D eigenvalue weighted by Crippen LogP contribution is 2.38. The molecule has 180 valence electrons. The van der Waals surface area contributed by atoms with Crippen molar-refractivity contribution in [1.29, 1.82) is 0 Å². The predicted molar refractivity (Wildman–Crippen MR) is 129 cm³/mol. The molecule has 1 saturated heterocycles. The Morgan fingerprint density at radius 3 is 2.09 bits per heavy atom. The van der Waals surface area contributed by atoms with Crippen molar-refractivity contribution in [2.75, 3.05) is 48.1 Å². The molecule has 1 aliphatic heterocycles. The van der Waals surface area contributed by atoms with Gasteiger partial charge in [0.15, 0.2) is 11.5 Å². The third-order valence-corrected chi connectivity index (χ3v) is 6.19. The average molecular weight is 457 g/mol. The maximum atomic E-state index is 12.7. The summed E-state index contributed by atoms with van der Waals surface area (Å²) in [7, 11) is 6.43. The summed E-state index contributed by atoms with van der Waals surface area (Å²) >= 11 is 0. The monoisotopic (exact) mass is 456 g/mol. The van der Waals surface area contributed by atoms with E-state index in [4.69, 9.17) is 18.9 Å². The van der Waals surface area contributed by atoms with Crippen LogP contribution in [0.25, 0.3) is 0 Å². The zero-order valence-corrected chi connectivity index (χ0v) is 20.2. The van der Waals surface area contributed by atoms with Crippen LogP contribution in [0.5, 0.6) is 23.0 Å². The van der Waals surface area contributed by atoms with Crippen LogP contribution in [0, 0.1) is 0 Å². The van der Waals surface area contributed by atoms with Crippen molar-refractivity contribution in [1.82, 2.24) is 10.2 Å². The molecule has 0 saturated carbocycles. The lowest BCUT2D eigenvalue weighted by Gasteiger charge is -2.35. The Morgan fingerprint density at radius 1 is 0.909 bits per heavy atom. The fourth-order valence-corrected chi connectivity index (χ4v) is 4.35. The van der Waals surface area contributed by atoms with Crippen LogP contribution >= 0.6 is 0 Å². The van der Waals surface area contributed by atoms with Gasteiger partial charge in [-0.3, -0.25) is 9.69 Å². The maximum Gasteiger partial charge on any atom is 0.220 e. The van der Waals surface area contributed by atoms with Crippen molar-refractivity contribution in [2.45, 2.75) is 38.1 Å². The summed E-state index contributed by atoms with van der Waals surface area (Å²) in [4.78, 5) is 15.2. The molecule has 0 aliphatic carbocycles. The van der Waals surface area contributed by atoms with Crippen molar-refractivity contribution in [3.05, 3.63) is 47.5 Å². The Balaban J connectivity index is 1.63. The number of methoxy groups -OCH3 is 4. The highest BCUT2D eigenvalue weighted by molar-refractivity contribution is 5.76. The Hall–Kier alpha value is -2.93. The van der Waals surface area contributed by atoms with Gasteiger partial charge in [0.05, 0.1) is 34.5 Å². The van der Waals surface area contributed by atoms with Crippen LogP contribution in [0.15, 0.2) is 36.4 Å². The van der Waals surface area contributed by atoms with Crippen LogP contribution in [-0.2, 0) is 11.2 Å². The molecule has 1 unspecified atom stereocenters. The number of carbonyl (C=O) groups is 1. The number of carbonyl (C=O) groups excluding carboxylic acids is 1. The molecule has 1 aliphatic rings. The minimum absolute atomic E-state index is 0.0271. The normalized spacial score (nSPS) is 14.9.